The summed E-state index contributed by atoms with van der Waals surface area (Å²) in [5.74, 6) is 0.878. The van der Waals surface area contributed by atoms with Crippen molar-refractivity contribution < 1.29 is 21.7 Å². The van der Waals surface area contributed by atoms with E-state index in [0.29, 0.717) is 13.1 Å². The maximum Gasteiger partial charge on any atom is 0.271 e. The van der Waals surface area contributed by atoms with Crippen LogP contribution in [0.5, 0.6) is 5.75 Å². The minimum absolute atomic E-state index is 0. The predicted octanol–water partition coefficient (Wildman–Crippen LogP) is 0.785. The van der Waals surface area contributed by atoms with E-state index in [0.717, 1.165) is 36.2 Å². The number of fused-ring (bicyclic) bond motifs is 1. The number of thioether (sulfide) groups is 1. The number of ether oxygens (including phenoxy) is 1. The first-order valence-corrected chi connectivity index (χ1v) is 13.6. The van der Waals surface area contributed by atoms with Crippen LogP contribution in [0.3, 0.4) is 0 Å². The second kappa shape index (κ2) is 10.6. The van der Waals surface area contributed by atoms with Gasteiger partial charge >= 0.3 is 0 Å². The van der Waals surface area contributed by atoms with Gasteiger partial charge in [-0.25, -0.2) is 0 Å². The first-order valence-electron chi connectivity index (χ1n) is 11.1. The van der Waals surface area contributed by atoms with Gasteiger partial charge in [-0.1, -0.05) is 41.3 Å². The molecule has 2 aromatic carbocycles. The summed E-state index contributed by atoms with van der Waals surface area (Å²) in [7, 11) is 3.75. The molecule has 9 heteroatoms. The van der Waals surface area contributed by atoms with Crippen LogP contribution >= 0.6 is 34.4 Å². The number of benzene rings is 2. The third kappa shape index (κ3) is 4.80. The van der Waals surface area contributed by atoms with Gasteiger partial charge < -0.3 is 22.0 Å². The molecule has 0 radical (unpaired) electrons. The second-order valence-corrected chi connectivity index (χ2v) is 11.1. The highest BCUT2D eigenvalue weighted by Gasteiger charge is 2.25. The van der Waals surface area contributed by atoms with Crippen molar-refractivity contribution >= 4 is 51.2 Å². The number of methoxy groups -OCH3 is 1. The standard InChI is InChI=1S/C26H26N3O2S3.ClH/c1-5-29-23(15-22-28(12-13-32-22)16-18-8-6-7-9-20(18)31-4)34-24(25(29)30)26-27(3)19-14-17(2)10-11-21(19)33-26;/h6-15H,5,16H2,1-4H3;1H/q+1;/p-1/b26-24+;. The van der Waals surface area contributed by atoms with E-state index in [9.17, 15) is 4.79 Å². The predicted molar refractivity (Wildman–Crippen MR) is 143 cm³/mol. The molecule has 0 N–H and O–H groups in total. The minimum atomic E-state index is 0. The summed E-state index contributed by atoms with van der Waals surface area (Å²) in [6.07, 6.45) is 4.22. The number of nitrogens with zero attached hydrogens (tertiary/aromatic N) is 3. The van der Waals surface area contributed by atoms with Crippen LogP contribution in [0, 0.1) is 6.92 Å². The van der Waals surface area contributed by atoms with E-state index >= 15 is 0 Å². The Balaban J connectivity index is 0.00000289. The molecule has 0 amide bonds. The number of anilines is 1. The molecule has 0 atom stereocenters. The molecule has 5 nitrogen and oxygen atoms in total. The first kappa shape index (κ1) is 25.6. The number of hydrogen-bond acceptors (Lipinski definition) is 6. The fourth-order valence-corrected chi connectivity index (χ4v) is 7.41. The van der Waals surface area contributed by atoms with Gasteiger partial charge in [0.2, 0.25) is 0 Å². The molecular formula is C26H26ClN3O2S3. The molecule has 4 aromatic rings. The molecule has 0 bridgehead atoms. The van der Waals surface area contributed by atoms with Crippen molar-refractivity contribution in [2.75, 3.05) is 19.1 Å². The number of aromatic nitrogens is 2. The number of halogens is 1. The fraction of sp³-hybridized carbons (Fsp3) is 0.231. The largest absolute Gasteiger partial charge is 1.00 e. The highest BCUT2D eigenvalue weighted by Crippen LogP contribution is 2.45. The molecule has 35 heavy (non-hydrogen) atoms. The van der Waals surface area contributed by atoms with Gasteiger partial charge in [-0.05, 0) is 43.7 Å². The molecule has 0 unspecified atom stereocenters. The topological polar surface area (TPSA) is 38.4 Å². The molecule has 0 spiro atoms. The summed E-state index contributed by atoms with van der Waals surface area (Å²) in [5.41, 5.74) is 3.58. The summed E-state index contributed by atoms with van der Waals surface area (Å²) in [5, 5.41) is 4.18. The average Bonchev–Trinajstić information content (AvgIpc) is 3.50. The van der Waals surface area contributed by atoms with Crippen molar-refractivity contribution in [1.29, 1.82) is 0 Å². The maximum atomic E-state index is 13.4. The monoisotopic (exact) mass is 543 g/mol. The third-order valence-electron chi connectivity index (χ3n) is 5.90. The summed E-state index contributed by atoms with van der Waals surface area (Å²) >= 11 is 4.92. The van der Waals surface area contributed by atoms with E-state index < -0.39 is 0 Å². The third-order valence-corrected chi connectivity index (χ3v) is 9.24. The van der Waals surface area contributed by atoms with Gasteiger partial charge in [0, 0.05) is 18.5 Å². The molecule has 0 fully saturated rings. The van der Waals surface area contributed by atoms with Gasteiger partial charge in [-0.15, -0.1) is 11.3 Å². The molecular weight excluding hydrogens is 518 g/mol. The second-order valence-electron chi connectivity index (χ2n) is 8.08. The van der Waals surface area contributed by atoms with Crippen molar-refractivity contribution in [3.05, 3.63) is 89.7 Å². The minimum Gasteiger partial charge on any atom is -1.00 e. The Kier molecular flexibility index (Phi) is 7.76. The number of para-hydroxylation sites is 1. The molecule has 0 saturated heterocycles. The van der Waals surface area contributed by atoms with Crippen LogP contribution in [0.15, 0.2) is 63.7 Å². The zero-order chi connectivity index (χ0) is 23.8. The van der Waals surface area contributed by atoms with E-state index in [4.69, 9.17) is 4.74 Å². The zero-order valence-corrected chi connectivity index (χ0v) is 23.2. The summed E-state index contributed by atoms with van der Waals surface area (Å²) in [6, 6.07) is 14.5. The molecule has 182 valence electrons. The maximum absolute atomic E-state index is 13.4. The van der Waals surface area contributed by atoms with Crippen LogP contribution in [0.25, 0.3) is 11.1 Å². The average molecular weight is 544 g/mol. The zero-order valence-electron chi connectivity index (χ0n) is 19.9. The number of hydrogen-bond donors (Lipinski definition) is 0. The van der Waals surface area contributed by atoms with Gasteiger partial charge in [0.1, 0.15) is 20.0 Å². The number of aryl methyl sites for hydroxylation is 1. The Morgan fingerprint density at radius 3 is 2.74 bits per heavy atom. The number of thiazole rings is 2. The van der Waals surface area contributed by atoms with Crippen LogP contribution in [0.2, 0.25) is 0 Å². The molecule has 1 aliphatic rings. The van der Waals surface area contributed by atoms with Crippen LogP contribution in [-0.4, -0.2) is 18.7 Å². The van der Waals surface area contributed by atoms with Crippen molar-refractivity contribution in [2.45, 2.75) is 31.8 Å². The highest BCUT2D eigenvalue weighted by molar-refractivity contribution is 8.08. The lowest BCUT2D eigenvalue weighted by molar-refractivity contribution is -0.685. The van der Waals surface area contributed by atoms with Crippen LogP contribution < -0.4 is 41.4 Å². The van der Waals surface area contributed by atoms with Crippen LogP contribution in [0.1, 0.15) is 23.1 Å². The first-order chi connectivity index (χ1) is 16.5. The lowest BCUT2D eigenvalue weighted by Gasteiger charge is -2.12. The molecule has 0 aliphatic carbocycles. The summed E-state index contributed by atoms with van der Waals surface area (Å²) in [6.45, 7) is 5.46. The van der Waals surface area contributed by atoms with E-state index in [1.54, 1.807) is 41.5 Å². The van der Waals surface area contributed by atoms with Crippen molar-refractivity contribution in [1.82, 2.24) is 4.57 Å². The lowest BCUT2D eigenvalue weighted by Crippen LogP contribution is -3.00. The van der Waals surface area contributed by atoms with Gasteiger partial charge in [-0.2, -0.15) is 4.57 Å². The van der Waals surface area contributed by atoms with Crippen molar-refractivity contribution in [3.8, 4) is 5.75 Å². The highest BCUT2D eigenvalue weighted by atomic mass is 35.5. The van der Waals surface area contributed by atoms with Gasteiger partial charge in [0.25, 0.3) is 10.6 Å². The van der Waals surface area contributed by atoms with E-state index in [-0.39, 0.29) is 18.0 Å². The van der Waals surface area contributed by atoms with E-state index in [1.807, 2.05) is 36.7 Å². The lowest BCUT2D eigenvalue weighted by atomic mass is 10.2. The van der Waals surface area contributed by atoms with Gasteiger partial charge in [-0.3, -0.25) is 9.36 Å². The van der Waals surface area contributed by atoms with E-state index in [2.05, 4.69) is 58.3 Å². The molecule has 1 aliphatic heterocycles. The molecule has 2 aromatic heterocycles. The Morgan fingerprint density at radius 1 is 1.17 bits per heavy atom. The van der Waals surface area contributed by atoms with Crippen LogP contribution in [-0.2, 0) is 13.1 Å². The van der Waals surface area contributed by atoms with E-state index in [1.165, 1.54) is 10.5 Å². The normalized spacial score (nSPS) is 14.7. The molecule has 5 rings (SSSR count). The Morgan fingerprint density at radius 2 is 1.97 bits per heavy atom. The molecule has 3 heterocycles. The van der Waals surface area contributed by atoms with Gasteiger partial charge in [0.15, 0.2) is 12.7 Å². The Bertz CT molecular complexity index is 1550. The van der Waals surface area contributed by atoms with Crippen LogP contribution in [0.4, 0.5) is 5.69 Å². The number of rotatable bonds is 5. The smallest absolute Gasteiger partial charge is 0.271 e. The van der Waals surface area contributed by atoms with Gasteiger partial charge in [0.05, 0.1) is 29.8 Å². The van der Waals surface area contributed by atoms with Crippen molar-refractivity contribution in [2.24, 2.45) is 0 Å². The summed E-state index contributed by atoms with van der Waals surface area (Å²) < 4.78 is 11.4. The molecule has 0 saturated carbocycles. The quantitative estimate of drug-likeness (QED) is 0.349. The fourth-order valence-electron chi connectivity index (χ4n) is 4.11. The Labute approximate surface area is 223 Å². The Hall–Kier alpha value is -2.52. The summed E-state index contributed by atoms with van der Waals surface area (Å²) in [4.78, 5) is 16.8. The van der Waals surface area contributed by atoms with Crippen molar-refractivity contribution in [3.63, 3.8) is 0 Å². The SMILES string of the molecule is CCn1c(=O)/c(=C2\Sc3ccc(C)cc3N2C)s/c1=C\c1scc[n+]1Cc1ccccc1OC.[Cl-].